The predicted molar refractivity (Wildman–Crippen MR) is 206 cm³/mol. The van der Waals surface area contributed by atoms with Crippen LogP contribution >= 0.6 is 11.9 Å². The van der Waals surface area contributed by atoms with Gasteiger partial charge in [0.1, 0.15) is 17.7 Å². The summed E-state index contributed by atoms with van der Waals surface area (Å²) in [4.78, 5) is 63.5. The van der Waals surface area contributed by atoms with Gasteiger partial charge in [0.05, 0.1) is 6.61 Å². The zero-order chi connectivity index (χ0) is 38.9. The highest BCUT2D eigenvalue weighted by atomic mass is 32.2. The van der Waals surface area contributed by atoms with E-state index in [1.165, 1.54) is 18.1 Å². The molecule has 1 aliphatic carbocycles. The predicted octanol–water partition coefficient (Wildman–Crippen LogP) is 6.25. The van der Waals surface area contributed by atoms with Gasteiger partial charge in [-0.1, -0.05) is 52.8 Å². The van der Waals surface area contributed by atoms with Crippen molar-refractivity contribution in [1.82, 2.24) is 29.6 Å². The van der Waals surface area contributed by atoms with Crippen LogP contribution in [0.25, 0.3) is 11.7 Å². The number of hydrogen-bond donors (Lipinski definition) is 4. The summed E-state index contributed by atoms with van der Waals surface area (Å²) in [6.45, 7) is 18.7. The van der Waals surface area contributed by atoms with Crippen LogP contribution in [0.1, 0.15) is 109 Å². The molecule has 2 aromatic heterocycles. The second-order valence-corrected chi connectivity index (χ2v) is 15.9. The fraction of sp³-hybridized carbons (Fsp3) is 0.579. The van der Waals surface area contributed by atoms with Crippen LogP contribution in [0.2, 0.25) is 0 Å². The van der Waals surface area contributed by atoms with Crippen LogP contribution < -0.4 is 15.4 Å². The maximum Gasteiger partial charge on any atom is 0.407 e. The molecule has 0 aromatic carbocycles. The van der Waals surface area contributed by atoms with Crippen molar-refractivity contribution in [3.63, 3.8) is 0 Å². The Balaban J connectivity index is 0.000000408. The van der Waals surface area contributed by atoms with E-state index in [1.54, 1.807) is 28.5 Å². The number of imidazole rings is 1. The van der Waals surface area contributed by atoms with Crippen molar-refractivity contribution in [2.24, 2.45) is 11.3 Å². The van der Waals surface area contributed by atoms with Gasteiger partial charge in [0.15, 0.2) is 5.69 Å². The molecule has 3 heterocycles. The van der Waals surface area contributed by atoms with Gasteiger partial charge in [-0.15, -0.1) is 6.58 Å². The van der Waals surface area contributed by atoms with Gasteiger partial charge in [0.2, 0.25) is 12.3 Å². The van der Waals surface area contributed by atoms with E-state index in [1.807, 2.05) is 45.1 Å². The van der Waals surface area contributed by atoms with Crippen LogP contribution in [0.4, 0.5) is 4.79 Å². The number of hydrogen-bond acceptors (Lipinski definition) is 8. The number of allylic oxidation sites excluding steroid dienone is 1. The summed E-state index contributed by atoms with van der Waals surface area (Å²) in [6.07, 6.45) is 15.0. The standard InChI is InChI=1S/C24H32N4O5.C10H16N2O2S.C4H10/c1-17-8-6-13-28(17)20(29)14-25-23(32)33-16-24(2,3)11-5-4-9-18-10-7-12-27-15-19(22(30)31)26-21(18)27;1-3-6-10(2,11-7-13)9(14)12-15-8-4-5-8;1-4(2)3/h4,7,9-10,12,15,17H,5-6,8,11,13-14,16H2,1-3H3,(H,25,32)(H,30,31);3,7-8H,1,4-6H2,2H3,(H,11,13)(H,12,14);4H,1-3H3/b9-4+;;/t;10-;/m.1./s1. The number of ether oxygens (including phenoxy) is 1. The number of rotatable bonds is 16. The second kappa shape index (κ2) is 21.3. The molecule has 0 bridgehead atoms. The molecule has 288 valence electrons. The van der Waals surface area contributed by atoms with Gasteiger partial charge in [-0.05, 0) is 94.2 Å². The molecule has 52 heavy (non-hydrogen) atoms. The third-order valence-corrected chi connectivity index (χ3v) is 9.25. The SMILES string of the molecule is C=CC[C@@](C)(NC=O)C(=O)NSC1CC1.CC(C)C.CC1CCCN1C(=O)CNC(=O)OCC(C)(C)CC/C=C/c1cccn2cc(C(=O)O)nc12. The molecule has 1 saturated heterocycles. The Morgan fingerprint density at radius 3 is 2.44 bits per heavy atom. The van der Waals surface area contributed by atoms with Crippen molar-refractivity contribution in [2.75, 3.05) is 19.7 Å². The van der Waals surface area contributed by atoms with Crippen molar-refractivity contribution in [2.45, 2.75) is 110 Å². The number of carbonyl (C=O) groups is 5. The number of aromatic nitrogens is 2. The zero-order valence-electron chi connectivity index (χ0n) is 31.8. The van der Waals surface area contributed by atoms with E-state index < -0.39 is 17.6 Å². The van der Waals surface area contributed by atoms with Gasteiger partial charge >= 0.3 is 12.1 Å². The molecule has 4 amide bonds. The Morgan fingerprint density at radius 2 is 1.87 bits per heavy atom. The lowest BCUT2D eigenvalue weighted by molar-refractivity contribution is -0.130. The smallest absolute Gasteiger partial charge is 0.407 e. The Morgan fingerprint density at radius 1 is 1.17 bits per heavy atom. The number of pyridine rings is 1. The lowest BCUT2D eigenvalue weighted by atomic mass is 9.89. The minimum atomic E-state index is -1.06. The number of carboxylic acid groups (broad SMARTS) is 1. The minimum Gasteiger partial charge on any atom is -0.476 e. The number of fused-ring (bicyclic) bond motifs is 1. The molecule has 1 unspecified atom stereocenters. The van der Waals surface area contributed by atoms with E-state index in [0.29, 0.717) is 23.7 Å². The maximum absolute atomic E-state index is 12.2. The van der Waals surface area contributed by atoms with Crippen molar-refractivity contribution in [1.29, 1.82) is 0 Å². The Kier molecular flexibility index (Phi) is 17.9. The molecule has 2 fully saturated rings. The number of carboxylic acids is 1. The van der Waals surface area contributed by atoms with E-state index in [2.05, 4.69) is 47.7 Å². The lowest BCUT2D eigenvalue weighted by Gasteiger charge is -2.25. The monoisotopic (exact) mass is 742 g/mol. The van der Waals surface area contributed by atoms with Crippen LogP contribution in [0, 0.1) is 11.3 Å². The van der Waals surface area contributed by atoms with E-state index in [9.17, 15) is 24.0 Å². The highest BCUT2D eigenvalue weighted by Gasteiger charge is 2.33. The number of carbonyl (C=O) groups excluding carboxylic acids is 4. The van der Waals surface area contributed by atoms with Crippen LogP contribution in [0.5, 0.6) is 0 Å². The van der Waals surface area contributed by atoms with Crippen molar-refractivity contribution in [3.05, 3.63) is 54.5 Å². The second-order valence-electron chi connectivity index (χ2n) is 14.8. The highest BCUT2D eigenvalue weighted by Crippen LogP contribution is 2.32. The topological polar surface area (TPSA) is 171 Å². The molecule has 0 radical (unpaired) electrons. The van der Waals surface area contributed by atoms with Crippen LogP contribution in [-0.2, 0) is 19.1 Å². The summed E-state index contributed by atoms with van der Waals surface area (Å²) in [5.74, 6) is -0.481. The van der Waals surface area contributed by atoms with Gasteiger partial charge < -0.3 is 29.8 Å². The lowest BCUT2D eigenvalue weighted by Crippen LogP contribution is -2.52. The molecule has 2 aliphatic rings. The van der Waals surface area contributed by atoms with Gasteiger partial charge in [-0.25, -0.2) is 14.6 Å². The van der Waals surface area contributed by atoms with E-state index >= 15 is 0 Å². The van der Waals surface area contributed by atoms with Crippen LogP contribution in [0.15, 0.2) is 43.3 Å². The minimum absolute atomic E-state index is 0.00375. The van der Waals surface area contributed by atoms with E-state index in [4.69, 9.17) is 9.84 Å². The summed E-state index contributed by atoms with van der Waals surface area (Å²) in [7, 11) is 0. The van der Waals surface area contributed by atoms with Crippen molar-refractivity contribution in [3.8, 4) is 0 Å². The van der Waals surface area contributed by atoms with Gasteiger partial charge in [0, 0.05) is 35.8 Å². The normalized spacial score (nSPS) is 16.5. The summed E-state index contributed by atoms with van der Waals surface area (Å²) in [6, 6.07) is 3.95. The molecule has 1 aliphatic heterocycles. The quantitative estimate of drug-likeness (QED) is 0.0882. The maximum atomic E-state index is 12.2. The molecule has 2 aromatic rings. The molecule has 4 rings (SSSR count). The number of amides is 4. The number of nitrogens with zero attached hydrogens (tertiary/aromatic N) is 3. The fourth-order valence-electron chi connectivity index (χ4n) is 4.96. The van der Waals surface area contributed by atoms with Gasteiger partial charge in [0.25, 0.3) is 5.91 Å². The summed E-state index contributed by atoms with van der Waals surface area (Å²) < 4.78 is 9.78. The van der Waals surface area contributed by atoms with E-state index in [0.717, 1.165) is 56.6 Å². The first-order valence-corrected chi connectivity index (χ1v) is 18.8. The van der Waals surface area contributed by atoms with E-state index in [-0.39, 0.29) is 42.1 Å². The molecule has 2 atom stereocenters. The first kappa shape index (κ1) is 43.8. The summed E-state index contributed by atoms with van der Waals surface area (Å²) >= 11 is 1.44. The molecular weight excluding hydrogens is 685 g/mol. The summed E-state index contributed by atoms with van der Waals surface area (Å²) in [5.41, 5.74) is 0.291. The number of alkyl carbamates (subject to hydrolysis) is 1. The average molecular weight is 743 g/mol. The molecule has 1 saturated carbocycles. The highest BCUT2D eigenvalue weighted by molar-refractivity contribution is 7.98. The zero-order valence-corrected chi connectivity index (χ0v) is 32.6. The molecule has 13 nitrogen and oxygen atoms in total. The van der Waals surface area contributed by atoms with Crippen molar-refractivity contribution < 1.29 is 33.8 Å². The third-order valence-electron chi connectivity index (χ3n) is 8.14. The molecular formula is C38H58N6O7S. The number of nitrogens with one attached hydrogen (secondary N) is 3. The van der Waals surface area contributed by atoms with Crippen LogP contribution in [-0.4, -0.2) is 86.2 Å². The third kappa shape index (κ3) is 15.5. The van der Waals surface area contributed by atoms with Crippen LogP contribution in [0.3, 0.4) is 0 Å². The largest absolute Gasteiger partial charge is 0.476 e. The molecule has 4 N–H and O–H groups in total. The Bertz CT molecular complexity index is 1520. The molecule has 0 spiro atoms. The summed E-state index contributed by atoms with van der Waals surface area (Å²) in [5, 5.41) is 14.8. The van der Waals surface area contributed by atoms with Gasteiger partial charge in [-0.2, -0.15) is 0 Å². The van der Waals surface area contributed by atoms with Crippen molar-refractivity contribution >= 4 is 54.0 Å². The number of aromatic carboxylic acids is 1. The first-order valence-electron chi connectivity index (χ1n) is 17.9. The fourth-order valence-corrected chi connectivity index (χ4v) is 5.83. The first-order chi connectivity index (χ1) is 24.5. The molecule has 14 heteroatoms. The Labute approximate surface area is 312 Å². The average Bonchev–Trinajstić information content (AvgIpc) is 3.63. The van der Waals surface area contributed by atoms with Gasteiger partial charge in [-0.3, -0.25) is 19.1 Å². The Hall–Kier alpha value is -4.33. The number of likely N-dealkylation sites (tertiary alicyclic amines) is 1.